The fourth-order valence-electron chi connectivity index (χ4n) is 1.61. The Labute approximate surface area is 115 Å². The summed E-state index contributed by atoms with van der Waals surface area (Å²) in [6.07, 6.45) is 3.66. The molecule has 0 saturated heterocycles. The maximum atomic E-state index is 4.42. The molecule has 0 aliphatic heterocycles. The van der Waals surface area contributed by atoms with Gasteiger partial charge in [-0.3, -0.25) is 4.57 Å². The van der Waals surface area contributed by atoms with E-state index in [1.54, 1.807) is 6.33 Å². The van der Waals surface area contributed by atoms with Crippen LogP contribution in [0.3, 0.4) is 0 Å². The lowest BCUT2D eigenvalue weighted by molar-refractivity contribution is 0.949. The van der Waals surface area contributed by atoms with Crippen LogP contribution in [0.25, 0.3) is 5.82 Å². The molecule has 0 aliphatic carbocycles. The highest BCUT2D eigenvalue weighted by Gasteiger charge is 2.10. The number of hydrogen-bond donors (Lipinski definition) is 0. The molecule has 0 amide bonds. The molecule has 2 heterocycles. The van der Waals surface area contributed by atoms with Crippen LogP contribution in [0.4, 0.5) is 0 Å². The molecule has 0 saturated carbocycles. The zero-order valence-electron chi connectivity index (χ0n) is 12.2. The van der Waals surface area contributed by atoms with Gasteiger partial charge in [0.05, 0.1) is 5.69 Å². The normalized spacial score (nSPS) is 11.0. The second-order valence-corrected chi connectivity index (χ2v) is 10.5. The molecule has 0 unspecified atom stereocenters. The van der Waals surface area contributed by atoms with Gasteiger partial charge in [0.2, 0.25) is 0 Å². The molecular weight excluding hydrogens is 250 g/mol. The van der Waals surface area contributed by atoms with Crippen LogP contribution < -0.4 is 0 Å². The summed E-state index contributed by atoms with van der Waals surface area (Å²) in [6, 6.07) is 4.05. The predicted molar refractivity (Wildman–Crippen MR) is 81.1 cm³/mol. The first-order valence-electron chi connectivity index (χ1n) is 6.37. The lowest BCUT2D eigenvalue weighted by Gasteiger charge is -2.04. The van der Waals surface area contributed by atoms with Gasteiger partial charge in [-0.05, 0) is 25.5 Å². The maximum Gasteiger partial charge on any atom is 0.138 e. The van der Waals surface area contributed by atoms with Gasteiger partial charge >= 0.3 is 0 Å². The van der Waals surface area contributed by atoms with Gasteiger partial charge in [0.1, 0.15) is 25.9 Å². The summed E-state index contributed by atoms with van der Waals surface area (Å²) in [5.41, 5.74) is 6.39. The molecule has 0 fully saturated rings. The van der Waals surface area contributed by atoms with Gasteiger partial charge in [-0.25, -0.2) is 9.97 Å². The van der Waals surface area contributed by atoms with Gasteiger partial charge in [0.25, 0.3) is 0 Å². The van der Waals surface area contributed by atoms with E-state index in [1.165, 1.54) is 0 Å². The Balaban J connectivity index is 2.37. The number of aryl methyl sites for hydroxylation is 1. The highest BCUT2D eigenvalue weighted by atomic mass is 28.3. The summed E-state index contributed by atoms with van der Waals surface area (Å²) in [5, 5.41) is 0. The van der Waals surface area contributed by atoms with Crippen molar-refractivity contribution in [3.8, 4) is 17.3 Å². The molecule has 0 atom stereocenters. The third-order valence-electron chi connectivity index (χ3n) is 2.70. The van der Waals surface area contributed by atoms with E-state index in [9.17, 15) is 0 Å². The molecule has 0 bridgehead atoms. The third kappa shape index (κ3) is 3.33. The van der Waals surface area contributed by atoms with Crippen LogP contribution in [0.15, 0.2) is 24.7 Å². The van der Waals surface area contributed by atoms with Crippen molar-refractivity contribution >= 4 is 8.07 Å². The minimum Gasteiger partial charge on any atom is -0.286 e. The maximum absolute atomic E-state index is 4.42. The number of nitrogens with zero attached hydrogens (tertiary/aromatic N) is 3. The SMILES string of the molecule is Cc1ccc(-n2cnc(C#C[Si](C)(C)C)c2C)nc1. The van der Waals surface area contributed by atoms with Gasteiger partial charge < -0.3 is 0 Å². The molecule has 19 heavy (non-hydrogen) atoms. The second kappa shape index (κ2) is 5.02. The van der Waals surface area contributed by atoms with Crippen molar-refractivity contribution in [3.63, 3.8) is 0 Å². The summed E-state index contributed by atoms with van der Waals surface area (Å²) in [4.78, 5) is 8.80. The van der Waals surface area contributed by atoms with Crippen LogP contribution in [0.2, 0.25) is 19.6 Å². The summed E-state index contributed by atoms with van der Waals surface area (Å²) < 4.78 is 1.98. The molecule has 0 aliphatic rings. The molecule has 2 rings (SSSR count). The van der Waals surface area contributed by atoms with E-state index < -0.39 is 8.07 Å². The largest absolute Gasteiger partial charge is 0.286 e. The fraction of sp³-hybridized carbons (Fsp3) is 0.333. The van der Waals surface area contributed by atoms with Crippen LogP contribution >= 0.6 is 0 Å². The molecule has 0 aromatic carbocycles. The summed E-state index contributed by atoms with van der Waals surface area (Å²) in [7, 11) is -1.37. The van der Waals surface area contributed by atoms with Crippen molar-refractivity contribution in [1.82, 2.24) is 14.5 Å². The zero-order chi connectivity index (χ0) is 14.0. The average molecular weight is 269 g/mol. The van der Waals surface area contributed by atoms with Gasteiger partial charge in [0, 0.05) is 6.20 Å². The molecular formula is C15H19N3Si. The highest BCUT2D eigenvalue weighted by Crippen LogP contribution is 2.12. The Morgan fingerprint density at radius 3 is 2.42 bits per heavy atom. The lowest BCUT2D eigenvalue weighted by atomic mass is 10.3. The van der Waals surface area contributed by atoms with Crippen molar-refractivity contribution in [2.75, 3.05) is 0 Å². The van der Waals surface area contributed by atoms with Gasteiger partial charge in [0.15, 0.2) is 0 Å². The van der Waals surface area contributed by atoms with Crippen molar-refractivity contribution in [3.05, 3.63) is 41.6 Å². The van der Waals surface area contributed by atoms with E-state index >= 15 is 0 Å². The number of hydrogen-bond acceptors (Lipinski definition) is 2. The van der Waals surface area contributed by atoms with Gasteiger partial charge in [-0.2, -0.15) is 0 Å². The smallest absolute Gasteiger partial charge is 0.138 e. The van der Waals surface area contributed by atoms with Crippen LogP contribution in [0.1, 0.15) is 17.0 Å². The first kappa shape index (κ1) is 13.6. The van der Waals surface area contributed by atoms with Crippen LogP contribution in [-0.2, 0) is 0 Å². The van der Waals surface area contributed by atoms with Crippen molar-refractivity contribution in [1.29, 1.82) is 0 Å². The third-order valence-corrected chi connectivity index (χ3v) is 3.58. The molecule has 2 aromatic rings. The van der Waals surface area contributed by atoms with Crippen LogP contribution in [0, 0.1) is 25.3 Å². The Bertz CT molecular complexity index is 637. The average Bonchev–Trinajstić information content (AvgIpc) is 2.68. The van der Waals surface area contributed by atoms with Crippen molar-refractivity contribution < 1.29 is 0 Å². The van der Waals surface area contributed by atoms with E-state index in [1.807, 2.05) is 30.7 Å². The van der Waals surface area contributed by atoms with Crippen LogP contribution in [-0.4, -0.2) is 22.6 Å². The zero-order valence-corrected chi connectivity index (χ0v) is 13.2. The molecule has 98 valence electrons. The van der Waals surface area contributed by atoms with E-state index in [-0.39, 0.29) is 0 Å². The summed E-state index contributed by atoms with van der Waals surface area (Å²) in [5.74, 6) is 4.09. The minimum absolute atomic E-state index is 0.852. The lowest BCUT2D eigenvalue weighted by Crippen LogP contribution is -2.16. The molecule has 0 N–H and O–H groups in total. The summed E-state index contributed by atoms with van der Waals surface area (Å²) in [6.45, 7) is 10.8. The standard InChI is InChI=1S/C15H19N3Si/c1-12-6-7-15(16-10-12)18-11-17-14(13(18)2)8-9-19(3,4)5/h6-7,10-11H,1-5H3. The predicted octanol–water partition coefficient (Wildman–Crippen LogP) is 3.11. The highest BCUT2D eigenvalue weighted by molar-refractivity contribution is 6.83. The first-order valence-corrected chi connectivity index (χ1v) is 9.87. The Hall–Kier alpha value is -1.86. The number of rotatable bonds is 1. The fourth-order valence-corrected chi connectivity index (χ4v) is 2.11. The Morgan fingerprint density at radius 2 is 1.84 bits per heavy atom. The molecule has 3 nitrogen and oxygen atoms in total. The Kier molecular flexibility index (Phi) is 3.58. The van der Waals surface area contributed by atoms with Gasteiger partial charge in [-0.1, -0.05) is 31.6 Å². The Morgan fingerprint density at radius 1 is 1.11 bits per heavy atom. The topological polar surface area (TPSA) is 30.7 Å². The van der Waals surface area contributed by atoms with Crippen LogP contribution in [0.5, 0.6) is 0 Å². The van der Waals surface area contributed by atoms with Crippen molar-refractivity contribution in [2.24, 2.45) is 0 Å². The van der Waals surface area contributed by atoms with E-state index in [0.717, 1.165) is 22.8 Å². The molecule has 4 heteroatoms. The second-order valence-electron chi connectivity index (χ2n) is 5.74. The number of aromatic nitrogens is 3. The number of imidazole rings is 1. The van der Waals surface area contributed by atoms with Gasteiger partial charge in [-0.15, -0.1) is 5.54 Å². The van der Waals surface area contributed by atoms with E-state index in [2.05, 4.69) is 47.1 Å². The van der Waals surface area contributed by atoms with E-state index in [0.29, 0.717) is 0 Å². The number of pyridine rings is 1. The summed E-state index contributed by atoms with van der Waals surface area (Å²) >= 11 is 0. The molecule has 0 radical (unpaired) electrons. The quantitative estimate of drug-likeness (QED) is 0.588. The molecule has 0 spiro atoms. The molecule has 2 aromatic heterocycles. The van der Waals surface area contributed by atoms with E-state index in [4.69, 9.17) is 0 Å². The first-order chi connectivity index (χ1) is 8.87. The van der Waals surface area contributed by atoms with Crippen molar-refractivity contribution in [2.45, 2.75) is 33.5 Å². The minimum atomic E-state index is -1.37. The monoisotopic (exact) mass is 269 g/mol.